The SMILES string of the molecule is O=C(NC1(C(=O)O)CCOC1)c1ccc2ccc(Cl)cc2n1. The summed E-state index contributed by atoms with van der Waals surface area (Å²) < 4.78 is 5.11. The average Bonchev–Trinajstić information content (AvgIpc) is 2.96. The molecule has 7 heteroatoms. The lowest BCUT2D eigenvalue weighted by Gasteiger charge is -2.23. The molecular weight excluding hydrogens is 308 g/mol. The first-order valence-electron chi connectivity index (χ1n) is 6.70. The maximum Gasteiger partial charge on any atom is 0.331 e. The van der Waals surface area contributed by atoms with Gasteiger partial charge < -0.3 is 15.2 Å². The van der Waals surface area contributed by atoms with Crippen LogP contribution in [0.1, 0.15) is 16.9 Å². The minimum Gasteiger partial charge on any atom is -0.479 e. The number of ether oxygens (including phenoxy) is 1. The smallest absolute Gasteiger partial charge is 0.331 e. The van der Waals surface area contributed by atoms with Crippen molar-refractivity contribution in [3.05, 3.63) is 41.0 Å². The Kier molecular flexibility index (Phi) is 3.72. The van der Waals surface area contributed by atoms with Gasteiger partial charge in [-0.2, -0.15) is 0 Å². The van der Waals surface area contributed by atoms with Crippen LogP contribution in [0.5, 0.6) is 0 Å². The van der Waals surface area contributed by atoms with Crippen molar-refractivity contribution >= 4 is 34.4 Å². The molecule has 2 aromatic rings. The van der Waals surface area contributed by atoms with Gasteiger partial charge in [0.05, 0.1) is 12.1 Å². The number of carboxylic acids is 1. The van der Waals surface area contributed by atoms with Gasteiger partial charge in [0.1, 0.15) is 5.69 Å². The second-order valence-electron chi connectivity index (χ2n) is 5.18. The number of halogens is 1. The Hall–Kier alpha value is -2.18. The number of aromatic nitrogens is 1. The fourth-order valence-electron chi connectivity index (χ4n) is 2.38. The van der Waals surface area contributed by atoms with E-state index < -0.39 is 17.4 Å². The summed E-state index contributed by atoms with van der Waals surface area (Å²) in [7, 11) is 0. The molecule has 3 rings (SSSR count). The first-order valence-corrected chi connectivity index (χ1v) is 7.08. The van der Waals surface area contributed by atoms with Crippen molar-refractivity contribution in [2.75, 3.05) is 13.2 Å². The summed E-state index contributed by atoms with van der Waals surface area (Å²) in [5.74, 6) is -1.66. The molecule has 2 heterocycles. The van der Waals surface area contributed by atoms with E-state index in [2.05, 4.69) is 10.3 Å². The van der Waals surface area contributed by atoms with Gasteiger partial charge in [-0.3, -0.25) is 4.79 Å². The Labute approximate surface area is 131 Å². The molecule has 6 nitrogen and oxygen atoms in total. The number of fused-ring (bicyclic) bond motifs is 1. The van der Waals surface area contributed by atoms with E-state index in [1.165, 1.54) is 0 Å². The number of nitrogens with one attached hydrogen (secondary N) is 1. The molecule has 1 fully saturated rings. The van der Waals surface area contributed by atoms with Gasteiger partial charge >= 0.3 is 5.97 Å². The van der Waals surface area contributed by atoms with E-state index in [0.717, 1.165) is 5.39 Å². The van der Waals surface area contributed by atoms with E-state index in [1.807, 2.05) is 0 Å². The zero-order valence-electron chi connectivity index (χ0n) is 11.5. The number of nitrogens with zero attached hydrogens (tertiary/aromatic N) is 1. The zero-order valence-corrected chi connectivity index (χ0v) is 12.3. The Bertz CT molecular complexity index is 756. The fourth-order valence-corrected chi connectivity index (χ4v) is 2.55. The number of carbonyl (C=O) groups excluding carboxylic acids is 1. The van der Waals surface area contributed by atoms with Crippen molar-refractivity contribution in [2.45, 2.75) is 12.0 Å². The van der Waals surface area contributed by atoms with Crippen LogP contribution >= 0.6 is 11.6 Å². The highest BCUT2D eigenvalue weighted by atomic mass is 35.5. The van der Waals surface area contributed by atoms with Gasteiger partial charge in [-0.25, -0.2) is 9.78 Å². The van der Waals surface area contributed by atoms with E-state index in [-0.39, 0.29) is 18.7 Å². The first kappa shape index (κ1) is 14.7. The second kappa shape index (κ2) is 5.55. The van der Waals surface area contributed by atoms with Crippen molar-refractivity contribution < 1.29 is 19.4 Å². The predicted octanol–water partition coefficient (Wildman–Crippen LogP) is 1.86. The molecule has 0 radical (unpaired) electrons. The molecule has 2 N–H and O–H groups in total. The molecule has 1 aliphatic heterocycles. The van der Waals surface area contributed by atoms with Crippen LogP contribution in [-0.2, 0) is 9.53 Å². The number of amides is 1. The van der Waals surface area contributed by atoms with Gasteiger partial charge in [-0.05, 0) is 18.2 Å². The molecule has 1 aromatic carbocycles. The molecule has 1 amide bonds. The highest BCUT2D eigenvalue weighted by molar-refractivity contribution is 6.31. The predicted molar refractivity (Wildman–Crippen MR) is 80.0 cm³/mol. The summed E-state index contributed by atoms with van der Waals surface area (Å²) >= 11 is 5.92. The second-order valence-corrected chi connectivity index (χ2v) is 5.61. The van der Waals surface area contributed by atoms with Crippen molar-refractivity contribution in [3.8, 4) is 0 Å². The first-order chi connectivity index (χ1) is 10.5. The average molecular weight is 321 g/mol. The molecule has 1 atom stereocenters. The van der Waals surface area contributed by atoms with Crippen LogP contribution in [0.25, 0.3) is 10.9 Å². The number of carbonyl (C=O) groups is 2. The summed E-state index contributed by atoms with van der Waals surface area (Å²) in [5.41, 5.74) is -0.670. The third-order valence-corrected chi connectivity index (χ3v) is 3.91. The fraction of sp³-hybridized carbons (Fsp3) is 0.267. The molecule has 1 unspecified atom stereocenters. The number of carboxylic acid groups (broad SMARTS) is 1. The number of hydrogen-bond donors (Lipinski definition) is 2. The highest BCUT2D eigenvalue weighted by Gasteiger charge is 2.44. The topological polar surface area (TPSA) is 88.5 Å². The van der Waals surface area contributed by atoms with Crippen LogP contribution in [0.15, 0.2) is 30.3 Å². The van der Waals surface area contributed by atoms with Crippen LogP contribution in [0.3, 0.4) is 0 Å². The lowest BCUT2D eigenvalue weighted by Crippen LogP contribution is -2.55. The van der Waals surface area contributed by atoms with Crippen LogP contribution in [-0.4, -0.2) is 40.7 Å². The van der Waals surface area contributed by atoms with Gasteiger partial charge in [0, 0.05) is 23.4 Å². The van der Waals surface area contributed by atoms with Crippen molar-refractivity contribution in [1.29, 1.82) is 0 Å². The molecule has 0 saturated carbocycles. The largest absolute Gasteiger partial charge is 0.479 e. The molecule has 22 heavy (non-hydrogen) atoms. The number of hydrogen-bond acceptors (Lipinski definition) is 4. The van der Waals surface area contributed by atoms with Gasteiger partial charge in [0.15, 0.2) is 5.54 Å². The lowest BCUT2D eigenvalue weighted by atomic mass is 9.99. The summed E-state index contributed by atoms with van der Waals surface area (Å²) in [4.78, 5) is 28.0. The van der Waals surface area contributed by atoms with Crippen molar-refractivity contribution in [3.63, 3.8) is 0 Å². The van der Waals surface area contributed by atoms with Crippen LogP contribution < -0.4 is 5.32 Å². The van der Waals surface area contributed by atoms with Crippen molar-refractivity contribution in [1.82, 2.24) is 10.3 Å². The number of rotatable bonds is 3. The van der Waals surface area contributed by atoms with Crippen LogP contribution in [0.4, 0.5) is 0 Å². The Balaban J connectivity index is 1.90. The van der Waals surface area contributed by atoms with E-state index in [1.54, 1.807) is 30.3 Å². The van der Waals surface area contributed by atoms with Crippen LogP contribution in [0, 0.1) is 0 Å². The van der Waals surface area contributed by atoms with Gasteiger partial charge in [-0.1, -0.05) is 23.7 Å². The van der Waals surface area contributed by atoms with E-state index in [0.29, 0.717) is 17.1 Å². The molecule has 1 aromatic heterocycles. The van der Waals surface area contributed by atoms with Crippen LogP contribution in [0.2, 0.25) is 5.02 Å². The number of pyridine rings is 1. The quantitative estimate of drug-likeness (QED) is 0.901. The summed E-state index contributed by atoms with van der Waals surface area (Å²) in [5, 5.41) is 13.2. The summed E-state index contributed by atoms with van der Waals surface area (Å²) in [6.45, 7) is 0.251. The maximum absolute atomic E-state index is 12.3. The van der Waals surface area contributed by atoms with Gasteiger partial charge in [-0.15, -0.1) is 0 Å². The third kappa shape index (κ3) is 2.63. The Morgan fingerprint density at radius 3 is 2.77 bits per heavy atom. The third-order valence-electron chi connectivity index (χ3n) is 3.67. The molecular formula is C15H13ClN2O4. The lowest BCUT2D eigenvalue weighted by molar-refractivity contribution is -0.144. The summed E-state index contributed by atoms with van der Waals surface area (Å²) in [6, 6.07) is 8.49. The van der Waals surface area contributed by atoms with E-state index >= 15 is 0 Å². The van der Waals surface area contributed by atoms with Gasteiger partial charge in [0.25, 0.3) is 5.91 Å². The van der Waals surface area contributed by atoms with E-state index in [9.17, 15) is 14.7 Å². The number of aliphatic carboxylic acids is 1. The highest BCUT2D eigenvalue weighted by Crippen LogP contribution is 2.21. The monoisotopic (exact) mass is 320 g/mol. The minimum absolute atomic E-state index is 0.0481. The van der Waals surface area contributed by atoms with E-state index in [4.69, 9.17) is 16.3 Å². The molecule has 1 aliphatic rings. The molecule has 0 aliphatic carbocycles. The van der Waals surface area contributed by atoms with Crippen molar-refractivity contribution in [2.24, 2.45) is 0 Å². The molecule has 0 spiro atoms. The molecule has 0 bridgehead atoms. The standard InChI is InChI=1S/C15H13ClN2O4/c16-10-3-1-9-2-4-11(17-12(9)7-10)13(19)18-15(14(20)21)5-6-22-8-15/h1-4,7H,5-6,8H2,(H,18,19)(H,20,21). The summed E-state index contributed by atoms with van der Waals surface area (Å²) in [6.07, 6.45) is 0.230. The number of benzene rings is 1. The van der Waals surface area contributed by atoms with Gasteiger partial charge in [0.2, 0.25) is 0 Å². The Morgan fingerprint density at radius 1 is 1.32 bits per heavy atom. The molecule has 1 saturated heterocycles. The molecule has 114 valence electrons. The minimum atomic E-state index is -1.39. The zero-order chi connectivity index (χ0) is 15.7. The normalized spacial score (nSPS) is 21.0. The maximum atomic E-state index is 12.3. The Morgan fingerprint density at radius 2 is 2.09 bits per heavy atom.